The molecule has 1 fully saturated rings. The van der Waals surface area contributed by atoms with E-state index in [2.05, 4.69) is 20.9 Å². The predicted molar refractivity (Wildman–Crippen MR) is 83.9 cm³/mol. The summed E-state index contributed by atoms with van der Waals surface area (Å²) < 4.78 is 40.1. The molecule has 0 aliphatic carbocycles. The summed E-state index contributed by atoms with van der Waals surface area (Å²) in [5.41, 5.74) is 0.852. The number of hydrogen-bond acceptors (Lipinski definition) is 4. The highest BCUT2D eigenvalue weighted by Crippen LogP contribution is 2.36. The van der Waals surface area contributed by atoms with Crippen molar-refractivity contribution in [2.75, 3.05) is 24.8 Å². The molecule has 0 radical (unpaired) electrons. The Balaban J connectivity index is 1.75. The van der Waals surface area contributed by atoms with Crippen LogP contribution in [0.25, 0.3) is 11.4 Å². The number of anilines is 1. The second-order valence-corrected chi connectivity index (χ2v) is 6.39. The summed E-state index contributed by atoms with van der Waals surface area (Å²) in [6, 6.07) is 4.76. The van der Waals surface area contributed by atoms with Gasteiger partial charge in [-0.05, 0) is 18.2 Å². The van der Waals surface area contributed by atoms with Crippen LogP contribution in [0.5, 0.6) is 5.75 Å². The fraction of sp³-hybridized carbons (Fsp3) is 0.400. The number of ether oxygens (including phenoxy) is 2. The van der Waals surface area contributed by atoms with Crippen molar-refractivity contribution >= 4 is 21.7 Å². The van der Waals surface area contributed by atoms with Gasteiger partial charge in [0.25, 0.3) is 6.43 Å². The smallest absolute Gasteiger partial charge is 0.260 e. The molecule has 0 amide bonds. The van der Waals surface area contributed by atoms with Gasteiger partial charge in [-0.1, -0.05) is 15.9 Å². The summed E-state index contributed by atoms with van der Waals surface area (Å²) in [4.78, 5) is 6.10. The molecule has 2 aliphatic rings. The van der Waals surface area contributed by atoms with Crippen molar-refractivity contribution in [2.24, 2.45) is 0 Å². The Kier molecular flexibility index (Phi) is 3.73. The quantitative estimate of drug-likeness (QED) is 0.795. The summed E-state index contributed by atoms with van der Waals surface area (Å²) >= 11 is 3.42. The zero-order valence-corrected chi connectivity index (χ0v) is 13.7. The average Bonchev–Trinajstić information content (AvgIpc) is 3.11. The van der Waals surface area contributed by atoms with E-state index in [0.29, 0.717) is 19.0 Å². The van der Waals surface area contributed by atoms with Crippen LogP contribution >= 0.6 is 15.9 Å². The molecule has 23 heavy (non-hydrogen) atoms. The number of alkyl halides is 2. The van der Waals surface area contributed by atoms with E-state index in [1.165, 1.54) is 4.90 Å². The lowest BCUT2D eigenvalue weighted by atomic mass is 10.2. The molecule has 8 heteroatoms. The highest BCUT2D eigenvalue weighted by molar-refractivity contribution is 9.10. The summed E-state index contributed by atoms with van der Waals surface area (Å²) in [7, 11) is 0. The molecule has 122 valence electrons. The molecule has 1 aromatic heterocycles. The lowest BCUT2D eigenvalue weighted by molar-refractivity contribution is 0.100. The monoisotopic (exact) mass is 385 g/mol. The summed E-state index contributed by atoms with van der Waals surface area (Å²) in [5.74, 6) is 1.97. The summed E-state index contributed by atoms with van der Waals surface area (Å²) in [6.45, 7) is 1.27. The first-order chi connectivity index (χ1) is 11.1. The van der Waals surface area contributed by atoms with Crippen molar-refractivity contribution in [1.82, 2.24) is 9.55 Å². The van der Waals surface area contributed by atoms with Crippen LogP contribution in [0.1, 0.15) is 0 Å². The minimum atomic E-state index is -2.47. The molecule has 0 bridgehead atoms. The first-order valence-electron chi connectivity index (χ1n) is 7.26. The number of halogens is 3. The van der Waals surface area contributed by atoms with Crippen molar-refractivity contribution < 1.29 is 18.3 Å². The third kappa shape index (κ3) is 2.59. The first kappa shape index (κ1) is 14.9. The highest BCUT2D eigenvalue weighted by atomic mass is 79.9. The lowest BCUT2D eigenvalue weighted by Crippen LogP contribution is -2.36. The van der Waals surface area contributed by atoms with E-state index in [4.69, 9.17) is 9.47 Å². The molecular weight excluding hydrogens is 372 g/mol. The minimum Gasteiger partial charge on any atom is -0.491 e. The van der Waals surface area contributed by atoms with Gasteiger partial charge in [0.1, 0.15) is 36.8 Å². The van der Waals surface area contributed by atoms with Gasteiger partial charge in [-0.3, -0.25) is 0 Å². The van der Waals surface area contributed by atoms with E-state index >= 15 is 0 Å². The van der Waals surface area contributed by atoms with Gasteiger partial charge in [0.2, 0.25) is 0 Å². The van der Waals surface area contributed by atoms with Crippen LogP contribution in [0.2, 0.25) is 0 Å². The topological polar surface area (TPSA) is 39.5 Å². The zero-order chi connectivity index (χ0) is 16.0. The third-order valence-electron chi connectivity index (χ3n) is 4.04. The maximum Gasteiger partial charge on any atom is 0.260 e. The van der Waals surface area contributed by atoms with Crippen molar-refractivity contribution in [1.29, 1.82) is 0 Å². The van der Waals surface area contributed by atoms with Crippen molar-refractivity contribution in [3.8, 4) is 17.1 Å². The van der Waals surface area contributed by atoms with Crippen LogP contribution in [0.15, 0.2) is 28.9 Å². The molecule has 1 saturated heterocycles. The number of benzene rings is 1. The van der Waals surface area contributed by atoms with Gasteiger partial charge in [0.15, 0.2) is 0 Å². The van der Waals surface area contributed by atoms with Crippen LogP contribution in [0.4, 0.5) is 14.6 Å². The Labute approximate surface area is 139 Å². The second kappa shape index (κ2) is 5.76. The van der Waals surface area contributed by atoms with Crippen LogP contribution in [0, 0.1) is 0 Å². The fourth-order valence-corrected chi connectivity index (χ4v) is 3.22. The number of hydrogen-bond donors (Lipinski definition) is 0. The Morgan fingerprint density at radius 2 is 2.22 bits per heavy atom. The molecule has 0 N–H and O–H groups in total. The van der Waals surface area contributed by atoms with Gasteiger partial charge in [0, 0.05) is 10.7 Å². The molecule has 4 rings (SSSR count). The highest BCUT2D eigenvalue weighted by Gasteiger charge is 2.35. The van der Waals surface area contributed by atoms with E-state index in [1.54, 1.807) is 6.20 Å². The van der Waals surface area contributed by atoms with E-state index < -0.39 is 12.5 Å². The van der Waals surface area contributed by atoms with Crippen LogP contribution < -0.4 is 9.64 Å². The third-order valence-corrected chi connectivity index (χ3v) is 4.54. The predicted octanol–water partition coefficient (Wildman–Crippen LogP) is 3.13. The largest absolute Gasteiger partial charge is 0.491 e. The molecular formula is C15H14BrF2N3O2. The number of fused-ring (bicyclic) bond motifs is 3. The molecule has 1 atom stereocenters. The number of aromatic nitrogens is 2. The van der Waals surface area contributed by atoms with Gasteiger partial charge >= 0.3 is 0 Å². The lowest BCUT2D eigenvalue weighted by Gasteiger charge is -2.21. The molecule has 0 spiro atoms. The fourth-order valence-electron chi connectivity index (χ4n) is 2.88. The van der Waals surface area contributed by atoms with Crippen molar-refractivity contribution in [3.63, 3.8) is 0 Å². The van der Waals surface area contributed by atoms with Crippen LogP contribution in [-0.4, -0.2) is 42.0 Å². The SMILES string of the molecule is FC(F)[C@@H]1COCN1c1cn2c(n1)-c1ccc(Br)cc1OCC2. The maximum atomic E-state index is 13.1. The normalized spacial score (nSPS) is 20.2. The summed E-state index contributed by atoms with van der Waals surface area (Å²) in [6.07, 6.45) is -0.675. The molecule has 2 aliphatic heterocycles. The number of rotatable bonds is 2. The number of nitrogens with zero attached hydrogens (tertiary/aromatic N) is 3. The Hall–Kier alpha value is -1.67. The second-order valence-electron chi connectivity index (χ2n) is 5.48. The van der Waals surface area contributed by atoms with Crippen LogP contribution in [0.3, 0.4) is 0 Å². The Morgan fingerprint density at radius 3 is 3.04 bits per heavy atom. The van der Waals surface area contributed by atoms with Gasteiger partial charge < -0.3 is 18.9 Å². The molecule has 2 aromatic rings. The molecule has 1 aromatic carbocycles. The van der Waals surface area contributed by atoms with Crippen LogP contribution in [-0.2, 0) is 11.3 Å². The number of imidazole rings is 1. The average molecular weight is 386 g/mol. The van der Waals surface area contributed by atoms with E-state index in [9.17, 15) is 8.78 Å². The molecule has 5 nitrogen and oxygen atoms in total. The van der Waals surface area contributed by atoms with Gasteiger partial charge in [-0.2, -0.15) is 0 Å². The first-order valence-corrected chi connectivity index (χ1v) is 8.05. The van der Waals surface area contributed by atoms with E-state index in [0.717, 1.165) is 21.6 Å². The Morgan fingerprint density at radius 1 is 1.35 bits per heavy atom. The van der Waals surface area contributed by atoms with E-state index in [1.807, 2.05) is 22.8 Å². The molecule has 0 unspecified atom stereocenters. The zero-order valence-electron chi connectivity index (χ0n) is 12.1. The standard InChI is InChI=1S/C15H14BrF2N3O2/c16-9-1-2-10-12(5-9)23-4-3-20-6-13(19-15(10)20)21-8-22-7-11(21)14(17)18/h1-2,5-6,11,14H,3-4,7-8H2/t11-/m0/s1. The van der Waals surface area contributed by atoms with Crippen molar-refractivity contribution in [2.45, 2.75) is 19.0 Å². The van der Waals surface area contributed by atoms with Gasteiger partial charge in [0.05, 0.1) is 18.7 Å². The Bertz CT molecular complexity index is 738. The summed E-state index contributed by atoms with van der Waals surface area (Å²) in [5, 5.41) is 0. The minimum absolute atomic E-state index is 0.0203. The molecule has 3 heterocycles. The molecule has 0 saturated carbocycles. The van der Waals surface area contributed by atoms with Gasteiger partial charge in [-0.25, -0.2) is 13.8 Å². The van der Waals surface area contributed by atoms with E-state index in [-0.39, 0.29) is 13.3 Å². The van der Waals surface area contributed by atoms with Crippen molar-refractivity contribution in [3.05, 3.63) is 28.9 Å². The maximum absolute atomic E-state index is 13.1. The van der Waals surface area contributed by atoms with Gasteiger partial charge in [-0.15, -0.1) is 0 Å².